The largest absolute Gasteiger partial charge is 0.398 e. The number of hydrogen-bond donors (Lipinski definition) is 1. The Hall–Kier alpha value is -2.23. The van der Waals surface area contributed by atoms with Crippen LogP contribution in [0.2, 0.25) is 0 Å². The number of carbonyl (C=O) groups is 1. The molecule has 2 N–H and O–H groups in total. The average molecular weight is 261 g/mol. The van der Waals surface area contributed by atoms with Crippen LogP contribution in [0.15, 0.2) is 30.3 Å². The maximum Gasteiger partial charge on any atom is 0.198 e. The van der Waals surface area contributed by atoms with Crippen LogP contribution in [-0.4, -0.2) is 5.78 Å². The second-order valence-corrected chi connectivity index (χ2v) is 4.50. The summed E-state index contributed by atoms with van der Waals surface area (Å²) in [6.07, 6.45) is 0. The third-order valence-electron chi connectivity index (χ3n) is 2.92. The van der Waals surface area contributed by atoms with E-state index in [4.69, 9.17) is 5.73 Å². The van der Waals surface area contributed by atoms with E-state index in [0.717, 1.165) is 17.7 Å². The highest BCUT2D eigenvalue weighted by Crippen LogP contribution is 2.23. The van der Waals surface area contributed by atoms with Gasteiger partial charge in [-0.05, 0) is 49.2 Å². The van der Waals surface area contributed by atoms with E-state index < -0.39 is 17.4 Å². The van der Waals surface area contributed by atoms with Crippen molar-refractivity contribution in [2.24, 2.45) is 0 Å². The van der Waals surface area contributed by atoms with Gasteiger partial charge < -0.3 is 5.73 Å². The highest BCUT2D eigenvalue weighted by molar-refractivity contribution is 6.13. The van der Waals surface area contributed by atoms with Crippen LogP contribution in [-0.2, 0) is 0 Å². The third-order valence-corrected chi connectivity index (χ3v) is 2.92. The number of rotatable bonds is 2. The van der Waals surface area contributed by atoms with E-state index in [-0.39, 0.29) is 16.8 Å². The van der Waals surface area contributed by atoms with Crippen LogP contribution in [0.3, 0.4) is 0 Å². The Labute approximate surface area is 109 Å². The van der Waals surface area contributed by atoms with Gasteiger partial charge in [-0.3, -0.25) is 4.79 Å². The Kier molecular flexibility index (Phi) is 3.34. The predicted molar refractivity (Wildman–Crippen MR) is 70.1 cm³/mol. The number of anilines is 1. The van der Waals surface area contributed by atoms with Crippen molar-refractivity contribution in [2.75, 3.05) is 5.73 Å². The van der Waals surface area contributed by atoms with Crippen molar-refractivity contribution in [1.82, 2.24) is 0 Å². The summed E-state index contributed by atoms with van der Waals surface area (Å²) >= 11 is 0. The van der Waals surface area contributed by atoms with Crippen LogP contribution < -0.4 is 5.73 Å². The van der Waals surface area contributed by atoms with Crippen molar-refractivity contribution < 1.29 is 13.6 Å². The van der Waals surface area contributed by atoms with Gasteiger partial charge in [0.15, 0.2) is 5.78 Å². The monoisotopic (exact) mass is 261 g/mol. The molecule has 0 saturated heterocycles. The predicted octanol–water partition coefficient (Wildman–Crippen LogP) is 3.39. The van der Waals surface area contributed by atoms with Gasteiger partial charge in [0.25, 0.3) is 0 Å². The molecule has 0 aromatic heterocycles. The summed E-state index contributed by atoms with van der Waals surface area (Å²) < 4.78 is 27.1. The van der Waals surface area contributed by atoms with E-state index in [9.17, 15) is 13.6 Å². The van der Waals surface area contributed by atoms with Crippen molar-refractivity contribution in [2.45, 2.75) is 13.8 Å². The van der Waals surface area contributed by atoms with E-state index in [1.54, 1.807) is 19.9 Å². The highest BCUT2D eigenvalue weighted by Gasteiger charge is 2.19. The summed E-state index contributed by atoms with van der Waals surface area (Å²) in [6, 6.07) is 6.45. The number of halogens is 2. The quantitative estimate of drug-likeness (QED) is 0.665. The fourth-order valence-electron chi connectivity index (χ4n) is 2.06. The number of nitrogens with two attached hydrogens (primary N) is 1. The minimum absolute atomic E-state index is 0.0224. The molecule has 98 valence electrons. The summed E-state index contributed by atoms with van der Waals surface area (Å²) in [5.41, 5.74) is 6.92. The van der Waals surface area contributed by atoms with Gasteiger partial charge in [-0.2, -0.15) is 0 Å². The molecule has 0 spiro atoms. The normalized spacial score (nSPS) is 10.5. The van der Waals surface area contributed by atoms with Crippen molar-refractivity contribution in [3.63, 3.8) is 0 Å². The Morgan fingerprint density at radius 3 is 2.42 bits per heavy atom. The van der Waals surface area contributed by atoms with E-state index in [1.807, 2.05) is 0 Å². The minimum atomic E-state index is -0.619. The van der Waals surface area contributed by atoms with Gasteiger partial charge in [0, 0.05) is 11.3 Å². The van der Waals surface area contributed by atoms with Gasteiger partial charge in [-0.25, -0.2) is 8.78 Å². The van der Waals surface area contributed by atoms with Crippen molar-refractivity contribution in [3.8, 4) is 0 Å². The van der Waals surface area contributed by atoms with Gasteiger partial charge in [0.05, 0.1) is 5.56 Å². The summed E-state index contributed by atoms with van der Waals surface area (Å²) in [6.45, 7) is 3.37. The third kappa shape index (κ3) is 2.47. The number of carbonyl (C=O) groups excluding carboxylic acids is 1. The van der Waals surface area contributed by atoms with E-state index in [2.05, 4.69) is 0 Å². The molecular weight excluding hydrogens is 248 g/mol. The fourth-order valence-corrected chi connectivity index (χ4v) is 2.06. The first-order chi connectivity index (χ1) is 8.90. The molecule has 19 heavy (non-hydrogen) atoms. The van der Waals surface area contributed by atoms with Crippen LogP contribution in [0.5, 0.6) is 0 Å². The minimum Gasteiger partial charge on any atom is -0.398 e. The highest BCUT2D eigenvalue weighted by atomic mass is 19.1. The maximum absolute atomic E-state index is 13.9. The molecule has 0 aliphatic heterocycles. The van der Waals surface area contributed by atoms with Crippen LogP contribution >= 0.6 is 0 Å². The zero-order valence-electron chi connectivity index (χ0n) is 10.6. The Morgan fingerprint density at radius 2 is 1.79 bits per heavy atom. The molecule has 0 bridgehead atoms. The second kappa shape index (κ2) is 4.80. The molecule has 2 aromatic rings. The molecule has 0 amide bonds. The zero-order valence-corrected chi connectivity index (χ0v) is 10.6. The van der Waals surface area contributed by atoms with Gasteiger partial charge in [0.2, 0.25) is 0 Å². The Bertz CT molecular complexity index is 642. The Balaban J connectivity index is 2.59. The molecule has 0 unspecified atom stereocenters. The van der Waals surface area contributed by atoms with E-state index in [1.165, 1.54) is 12.1 Å². The lowest BCUT2D eigenvalue weighted by atomic mass is 9.96. The summed E-state index contributed by atoms with van der Waals surface area (Å²) in [7, 11) is 0. The van der Waals surface area contributed by atoms with Gasteiger partial charge in [-0.15, -0.1) is 0 Å². The molecule has 0 fully saturated rings. The van der Waals surface area contributed by atoms with Crippen LogP contribution in [0.4, 0.5) is 14.5 Å². The smallest absolute Gasteiger partial charge is 0.198 e. The molecule has 2 nitrogen and oxygen atoms in total. The zero-order chi connectivity index (χ0) is 14.2. The molecule has 0 atom stereocenters. The topological polar surface area (TPSA) is 43.1 Å². The van der Waals surface area contributed by atoms with E-state index in [0.29, 0.717) is 5.56 Å². The van der Waals surface area contributed by atoms with Crippen LogP contribution in [0, 0.1) is 25.5 Å². The van der Waals surface area contributed by atoms with Crippen LogP contribution in [0.25, 0.3) is 0 Å². The van der Waals surface area contributed by atoms with Crippen molar-refractivity contribution in [1.29, 1.82) is 0 Å². The first kappa shape index (κ1) is 13.2. The number of benzene rings is 2. The first-order valence-electron chi connectivity index (χ1n) is 5.76. The van der Waals surface area contributed by atoms with Crippen LogP contribution in [0.1, 0.15) is 27.0 Å². The first-order valence-corrected chi connectivity index (χ1v) is 5.76. The fraction of sp³-hybridized carbons (Fsp3) is 0.133. The van der Waals surface area contributed by atoms with Crippen molar-refractivity contribution in [3.05, 3.63) is 64.2 Å². The van der Waals surface area contributed by atoms with Gasteiger partial charge >= 0.3 is 0 Å². The average Bonchev–Trinajstić information content (AvgIpc) is 2.30. The van der Waals surface area contributed by atoms with Crippen molar-refractivity contribution >= 4 is 11.5 Å². The second-order valence-electron chi connectivity index (χ2n) is 4.50. The number of nitrogen functional groups attached to an aromatic ring is 1. The summed E-state index contributed by atoms with van der Waals surface area (Å²) in [5.74, 6) is -1.80. The Morgan fingerprint density at radius 1 is 1.11 bits per heavy atom. The molecule has 2 aromatic carbocycles. The standard InChI is InChI=1S/C15H13F2NO/c1-8-5-9(2)14(12(17)6-8)15(19)11-7-10(16)3-4-13(11)18/h3-7H,18H2,1-2H3. The molecule has 4 heteroatoms. The molecular formula is C15H13F2NO. The van der Waals surface area contributed by atoms with Gasteiger partial charge in [-0.1, -0.05) is 6.07 Å². The van der Waals surface area contributed by atoms with Gasteiger partial charge in [0.1, 0.15) is 11.6 Å². The summed E-state index contributed by atoms with van der Waals surface area (Å²) in [4.78, 5) is 12.3. The maximum atomic E-state index is 13.9. The molecule has 0 aliphatic carbocycles. The number of aryl methyl sites for hydroxylation is 2. The summed E-state index contributed by atoms with van der Waals surface area (Å²) in [5, 5.41) is 0. The molecule has 0 radical (unpaired) electrons. The lowest BCUT2D eigenvalue weighted by Gasteiger charge is -2.10. The molecule has 0 heterocycles. The lowest BCUT2D eigenvalue weighted by molar-refractivity contribution is 0.103. The SMILES string of the molecule is Cc1cc(C)c(C(=O)c2cc(F)ccc2N)c(F)c1. The molecule has 0 saturated carbocycles. The number of ketones is 1. The van der Waals surface area contributed by atoms with E-state index >= 15 is 0 Å². The molecule has 0 aliphatic rings. The lowest BCUT2D eigenvalue weighted by Crippen LogP contribution is -2.10. The molecule has 2 rings (SSSR count). The number of hydrogen-bond acceptors (Lipinski definition) is 2.